The molecule has 0 aliphatic heterocycles. The molecular formula is C11H18. The fourth-order valence-corrected chi connectivity index (χ4v) is 1.27. The Labute approximate surface area is 70.4 Å². The van der Waals surface area contributed by atoms with E-state index in [0.29, 0.717) is 0 Å². The Morgan fingerprint density at radius 1 is 1.18 bits per heavy atom. The molecule has 0 nitrogen and oxygen atoms in total. The predicted molar refractivity (Wildman–Crippen MR) is 49.3 cm³/mol. The second-order valence-electron chi connectivity index (χ2n) is 3.40. The van der Waals surface area contributed by atoms with Gasteiger partial charge in [-0.15, -0.1) is 11.8 Å². The number of unbranched alkanes of at least 4 members (excludes halogenated alkanes) is 2. The molecule has 1 aliphatic rings. The maximum absolute atomic E-state index is 3.18. The Bertz CT molecular complexity index is 143. The molecule has 0 aromatic heterocycles. The molecule has 0 radical (unpaired) electrons. The van der Waals surface area contributed by atoms with Gasteiger partial charge in [0.2, 0.25) is 0 Å². The van der Waals surface area contributed by atoms with Crippen molar-refractivity contribution in [2.75, 3.05) is 0 Å². The molecule has 1 saturated carbocycles. The Kier molecular flexibility index (Phi) is 4.12. The van der Waals surface area contributed by atoms with Gasteiger partial charge in [-0.3, -0.25) is 0 Å². The van der Waals surface area contributed by atoms with Gasteiger partial charge in [0, 0.05) is 12.8 Å². The molecule has 0 amide bonds. The van der Waals surface area contributed by atoms with Gasteiger partial charge in [-0.05, 0) is 12.3 Å². The molecule has 0 bridgehead atoms. The van der Waals surface area contributed by atoms with Crippen LogP contribution in [0.3, 0.4) is 0 Å². The summed E-state index contributed by atoms with van der Waals surface area (Å²) in [5.41, 5.74) is 0. The molecule has 11 heavy (non-hydrogen) atoms. The summed E-state index contributed by atoms with van der Waals surface area (Å²) in [6.07, 6.45) is 9.34. The topological polar surface area (TPSA) is 0 Å². The third-order valence-corrected chi connectivity index (χ3v) is 2.16. The van der Waals surface area contributed by atoms with Crippen LogP contribution >= 0.6 is 0 Å². The van der Waals surface area contributed by atoms with Crippen LogP contribution in [-0.4, -0.2) is 0 Å². The van der Waals surface area contributed by atoms with Crippen molar-refractivity contribution in [3.63, 3.8) is 0 Å². The van der Waals surface area contributed by atoms with Crippen molar-refractivity contribution >= 4 is 0 Å². The van der Waals surface area contributed by atoms with Crippen molar-refractivity contribution in [3.8, 4) is 11.8 Å². The van der Waals surface area contributed by atoms with Gasteiger partial charge in [-0.25, -0.2) is 0 Å². The lowest BCUT2D eigenvalue weighted by Crippen LogP contribution is -1.77. The molecule has 0 aromatic rings. The lowest BCUT2D eigenvalue weighted by atomic mass is 10.1. The monoisotopic (exact) mass is 150 g/mol. The van der Waals surface area contributed by atoms with Crippen LogP contribution in [0.5, 0.6) is 0 Å². The molecule has 0 N–H and O–H groups in total. The van der Waals surface area contributed by atoms with E-state index in [1.165, 1.54) is 32.1 Å². The van der Waals surface area contributed by atoms with Gasteiger partial charge in [0.15, 0.2) is 0 Å². The Morgan fingerprint density at radius 3 is 2.64 bits per heavy atom. The second-order valence-corrected chi connectivity index (χ2v) is 3.40. The normalized spacial score (nSPS) is 15.7. The summed E-state index contributed by atoms with van der Waals surface area (Å²) >= 11 is 0. The number of rotatable bonds is 4. The minimum Gasteiger partial charge on any atom is -0.104 e. The standard InChI is InChI=1S/C11H18/c1-2-3-4-5-6-7-8-11-9-10-11/h11H,2,5-10H2,1H3. The van der Waals surface area contributed by atoms with Gasteiger partial charge in [0.05, 0.1) is 0 Å². The van der Waals surface area contributed by atoms with Crippen molar-refractivity contribution < 1.29 is 0 Å². The first-order valence-electron chi connectivity index (χ1n) is 4.89. The lowest BCUT2D eigenvalue weighted by molar-refractivity contribution is 0.638. The van der Waals surface area contributed by atoms with E-state index in [1.54, 1.807) is 0 Å². The van der Waals surface area contributed by atoms with Crippen LogP contribution < -0.4 is 0 Å². The molecule has 0 saturated heterocycles. The summed E-state index contributed by atoms with van der Waals surface area (Å²) < 4.78 is 0. The van der Waals surface area contributed by atoms with E-state index in [1.807, 2.05) is 0 Å². The van der Waals surface area contributed by atoms with Gasteiger partial charge in [0.1, 0.15) is 0 Å². The van der Waals surface area contributed by atoms with Crippen molar-refractivity contribution in [2.24, 2.45) is 5.92 Å². The minimum absolute atomic E-state index is 1.02. The largest absolute Gasteiger partial charge is 0.104 e. The molecule has 1 aliphatic carbocycles. The Hall–Kier alpha value is -0.440. The Morgan fingerprint density at radius 2 is 2.00 bits per heavy atom. The van der Waals surface area contributed by atoms with Crippen molar-refractivity contribution in [1.29, 1.82) is 0 Å². The van der Waals surface area contributed by atoms with Crippen LogP contribution in [-0.2, 0) is 0 Å². The quantitative estimate of drug-likeness (QED) is 0.426. The van der Waals surface area contributed by atoms with E-state index >= 15 is 0 Å². The number of hydrogen-bond donors (Lipinski definition) is 0. The average molecular weight is 150 g/mol. The zero-order valence-electron chi connectivity index (χ0n) is 7.53. The van der Waals surface area contributed by atoms with Gasteiger partial charge >= 0.3 is 0 Å². The summed E-state index contributed by atoms with van der Waals surface area (Å²) in [4.78, 5) is 0. The van der Waals surface area contributed by atoms with Crippen molar-refractivity contribution in [3.05, 3.63) is 0 Å². The first-order chi connectivity index (χ1) is 5.43. The zero-order valence-corrected chi connectivity index (χ0v) is 7.53. The average Bonchev–Trinajstić information content (AvgIpc) is 2.80. The highest BCUT2D eigenvalue weighted by Gasteiger charge is 2.19. The van der Waals surface area contributed by atoms with Gasteiger partial charge < -0.3 is 0 Å². The molecule has 0 atom stereocenters. The third kappa shape index (κ3) is 4.90. The molecule has 0 heteroatoms. The molecule has 62 valence electrons. The fraction of sp³-hybridized carbons (Fsp3) is 0.818. The third-order valence-electron chi connectivity index (χ3n) is 2.16. The smallest absolute Gasteiger partial charge is 0.00886 e. The summed E-state index contributed by atoms with van der Waals surface area (Å²) in [6, 6.07) is 0. The van der Waals surface area contributed by atoms with Crippen molar-refractivity contribution in [2.45, 2.75) is 51.9 Å². The molecule has 1 fully saturated rings. The molecule has 0 aromatic carbocycles. The zero-order chi connectivity index (χ0) is 7.94. The van der Waals surface area contributed by atoms with Gasteiger partial charge in [-0.2, -0.15) is 0 Å². The highest BCUT2D eigenvalue weighted by Crippen LogP contribution is 2.33. The summed E-state index contributed by atoms with van der Waals surface area (Å²) in [7, 11) is 0. The van der Waals surface area contributed by atoms with Gasteiger partial charge in [-0.1, -0.05) is 32.6 Å². The van der Waals surface area contributed by atoms with Crippen molar-refractivity contribution in [1.82, 2.24) is 0 Å². The molecule has 0 heterocycles. The van der Waals surface area contributed by atoms with E-state index in [-0.39, 0.29) is 0 Å². The van der Waals surface area contributed by atoms with E-state index in [0.717, 1.165) is 18.8 Å². The maximum Gasteiger partial charge on any atom is 0.00886 e. The molecular weight excluding hydrogens is 132 g/mol. The first kappa shape index (κ1) is 8.65. The molecule has 0 spiro atoms. The van der Waals surface area contributed by atoms with E-state index in [4.69, 9.17) is 0 Å². The lowest BCUT2D eigenvalue weighted by Gasteiger charge is -1.93. The van der Waals surface area contributed by atoms with Gasteiger partial charge in [0.25, 0.3) is 0 Å². The van der Waals surface area contributed by atoms with E-state index in [9.17, 15) is 0 Å². The summed E-state index contributed by atoms with van der Waals surface area (Å²) in [5.74, 6) is 7.39. The number of hydrogen-bond acceptors (Lipinski definition) is 0. The predicted octanol–water partition coefficient (Wildman–Crippen LogP) is 3.37. The Balaban J connectivity index is 1.79. The minimum atomic E-state index is 1.02. The van der Waals surface area contributed by atoms with E-state index < -0.39 is 0 Å². The highest BCUT2D eigenvalue weighted by molar-refractivity contribution is 4.97. The highest BCUT2D eigenvalue weighted by atomic mass is 14.2. The first-order valence-corrected chi connectivity index (χ1v) is 4.89. The SMILES string of the molecule is CCC#CCCCCC1CC1. The van der Waals surface area contributed by atoms with Crippen LogP contribution in [0.4, 0.5) is 0 Å². The van der Waals surface area contributed by atoms with E-state index in [2.05, 4.69) is 18.8 Å². The van der Waals surface area contributed by atoms with Crippen LogP contribution in [0.1, 0.15) is 51.9 Å². The summed E-state index contributed by atoms with van der Waals surface area (Å²) in [6.45, 7) is 2.11. The van der Waals surface area contributed by atoms with Crippen LogP contribution in [0.2, 0.25) is 0 Å². The molecule has 1 rings (SSSR count). The van der Waals surface area contributed by atoms with Crippen LogP contribution in [0.15, 0.2) is 0 Å². The van der Waals surface area contributed by atoms with Crippen LogP contribution in [0.25, 0.3) is 0 Å². The molecule has 0 unspecified atom stereocenters. The second kappa shape index (κ2) is 5.24. The fourth-order valence-electron chi connectivity index (χ4n) is 1.27. The maximum atomic E-state index is 3.18. The van der Waals surface area contributed by atoms with Crippen LogP contribution in [0, 0.1) is 17.8 Å². The summed E-state index contributed by atoms with van der Waals surface area (Å²) in [5, 5.41) is 0.